The number of furan rings is 1. The van der Waals surface area contributed by atoms with Gasteiger partial charge in [-0.25, -0.2) is 0 Å². The third-order valence-electron chi connectivity index (χ3n) is 10.6. The maximum absolute atomic E-state index is 6.29. The molecule has 0 amide bonds. The Hall–Kier alpha value is -6.44. The van der Waals surface area contributed by atoms with Crippen LogP contribution in [0.25, 0.3) is 109 Å². The van der Waals surface area contributed by atoms with E-state index in [1.165, 1.54) is 98.0 Å². The summed E-state index contributed by atoms with van der Waals surface area (Å²) in [6.45, 7) is 0. The van der Waals surface area contributed by atoms with Gasteiger partial charge in [0, 0.05) is 10.8 Å². The van der Waals surface area contributed by atoms with Crippen LogP contribution in [-0.4, -0.2) is 0 Å². The molecule has 0 N–H and O–H groups in total. The van der Waals surface area contributed by atoms with Crippen LogP contribution in [0.15, 0.2) is 174 Å². The molecule has 0 fully saturated rings. The molecule has 11 rings (SSSR count). The predicted octanol–water partition coefficient (Wildman–Crippen LogP) is 13.8. The van der Waals surface area contributed by atoms with Gasteiger partial charge in [0.05, 0.1) is 0 Å². The highest BCUT2D eigenvalue weighted by Crippen LogP contribution is 2.48. The van der Waals surface area contributed by atoms with Crippen molar-refractivity contribution in [3.05, 3.63) is 170 Å². The molecular weight excluding hydrogens is 593 g/mol. The molecule has 0 aliphatic rings. The Morgan fingerprint density at radius 1 is 0.286 bits per heavy atom. The summed E-state index contributed by atoms with van der Waals surface area (Å²) in [4.78, 5) is 0. The zero-order chi connectivity index (χ0) is 32.1. The third-order valence-corrected chi connectivity index (χ3v) is 10.6. The second-order valence-electron chi connectivity index (χ2n) is 13.2. The Bertz CT molecular complexity index is 3050. The largest absolute Gasteiger partial charge is 0.456 e. The van der Waals surface area contributed by atoms with Crippen LogP contribution in [0.2, 0.25) is 0 Å². The number of hydrogen-bond acceptors (Lipinski definition) is 1. The van der Waals surface area contributed by atoms with Gasteiger partial charge in [0.1, 0.15) is 11.2 Å². The van der Waals surface area contributed by atoms with Crippen molar-refractivity contribution in [3.8, 4) is 33.4 Å². The van der Waals surface area contributed by atoms with E-state index < -0.39 is 0 Å². The second-order valence-corrected chi connectivity index (χ2v) is 13.2. The van der Waals surface area contributed by atoms with Crippen LogP contribution in [0.3, 0.4) is 0 Å². The van der Waals surface area contributed by atoms with Crippen LogP contribution in [0.1, 0.15) is 0 Å². The van der Waals surface area contributed by atoms with Crippen LogP contribution >= 0.6 is 0 Å². The fourth-order valence-electron chi connectivity index (χ4n) is 8.54. The van der Waals surface area contributed by atoms with Crippen LogP contribution in [0.5, 0.6) is 0 Å². The normalized spacial score (nSPS) is 12.1. The van der Waals surface area contributed by atoms with Gasteiger partial charge < -0.3 is 4.42 Å². The predicted molar refractivity (Wildman–Crippen MR) is 209 cm³/mol. The summed E-state index contributed by atoms with van der Waals surface area (Å²) in [5.41, 5.74) is 9.35. The fraction of sp³-hybridized carbons (Fsp3) is 0. The SMILES string of the molecule is c1cc(-c2c3ccccc3c(-c3cc4ccccc4c4ccccc34)c3ccccc23)cc(-c2cc3cccc4oc5cccc2c5c34)c1. The van der Waals surface area contributed by atoms with Crippen molar-refractivity contribution in [1.29, 1.82) is 0 Å². The summed E-state index contributed by atoms with van der Waals surface area (Å²) in [6, 6.07) is 62.2. The topological polar surface area (TPSA) is 13.1 Å². The van der Waals surface area contributed by atoms with Crippen molar-refractivity contribution < 1.29 is 4.42 Å². The molecule has 1 nitrogen and oxygen atoms in total. The van der Waals surface area contributed by atoms with E-state index in [4.69, 9.17) is 4.42 Å². The number of rotatable bonds is 3. The van der Waals surface area contributed by atoms with Gasteiger partial charge in [0.15, 0.2) is 0 Å². The molecule has 0 atom stereocenters. The lowest BCUT2D eigenvalue weighted by atomic mass is 9.83. The minimum Gasteiger partial charge on any atom is -0.456 e. The molecule has 0 saturated carbocycles. The number of hydrogen-bond donors (Lipinski definition) is 0. The Morgan fingerprint density at radius 2 is 0.796 bits per heavy atom. The lowest BCUT2D eigenvalue weighted by Gasteiger charge is -2.20. The molecule has 10 aromatic carbocycles. The Kier molecular flexibility index (Phi) is 5.45. The first-order chi connectivity index (χ1) is 24.3. The summed E-state index contributed by atoms with van der Waals surface area (Å²) >= 11 is 0. The van der Waals surface area contributed by atoms with Gasteiger partial charge >= 0.3 is 0 Å². The second kappa shape index (κ2) is 10.0. The first kappa shape index (κ1) is 26.6. The maximum Gasteiger partial charge on any atom is 0.136 e. The molecule has 11 aromatic rings. The van der Waals surface area contributed by atoms with Crippen molar-refractivity contribution in [3.63, 3.8) is 0 Å². The molecule has 0 unspecified atom stereocenters. The Labute approximate surface area is 282 Å². The van der Waals surface area contributed by atoms with E-state index in [0.717, 1.165) is 11.2 Å². The quantitative estimate of drug-likeness (QED) is 0.141. The molecule has 0 spiro atoms. The van der Waals surface area contributed by atoms with Crippen LogP contribution in [-0.2, 0) is 0 Å². The third kappa shape index (κ3) is 3.76. The van der Waals surface area contributed by atoms with Gasteiger partial charge in [-0.3, -0.25) is 0 Å². The van der Waals surface area contributed by atoms with Gasteiger partial charge in [0.2, 0.25) is 0 Å². The number of benzene rings is 10. The van der Waals surface area contributed by atoms with Crippen molar-refractivity contribution in [2.75, 3.05) is 0 Å². The standard InChI is InChI=1S/C48H28O/c1-2-16-33-30(12-1)27-42(35-18-4-3-17-34(33)35)47-38-21-7-5-19-36(38)45(37-20-6-8-22-39(37)47)31-14-9-13-29(26-31)41-28-32-15-10-24-43-46(32)48-40(41)23-11-25-44(48)49-43/h1-28H. The van der Waals surface area contributed by atoms with E-state index >= 15 is 0 Å². The summed E-state index contributed by atoms with van der Waals surface area (Å²) in [5.74, 6) is 0. The van der Waals surface area contributed by atoms with E-state index in [-0.39, 0.29) is 0 Å². The molecule has 1 heteroatoms. The molecule has 1 aromatic heterocycles. The maximum atomic E-state index is 6.29. The fourth-order valence-corrected chi connectivity index (χ4v) is 8.54. The van der Waals surface area contributed by atoms with Crippen molar-refractivity contribution in [2.24, 2.45) is 0 Å². The van der Waals surface area contributed by atoms with E-state index in [1.54, 1.807) is 0 Å². The van der Waals surface area contributed by atoms with Crippen LogP contribution in [0.4, 0.5) is 0 Å². The van der Waals surface area contributed by atoms with Gasteiger partial charge in [0.25, 0.3) is 0 Å². The summed E-state index contributed by atoms with van der Waals surface area (Å²) in [5, 5.41) is 15.0. The first-order valence-corrected chi connectivity index (χ1v) is 16.9. The summed E-state index contributed by atoms with van der Waals surface area (Å²) in [6.07, 6.45) is 0. The number of fused-ring (bicyclic) bond motifs is 5. The molecule has 49 heavy (non-hydrogen) atoms. The van der Waals surface area contributed by atoms with Gasteiger partial charge in [-0.05, 0) is 118 Å². The van der Waals surface area contributed by atoms with Crippen LogP contribution < -0.4 is 0 Å². The van der Waals surface area contributed by atoms with Crippen LogP contribution in [0, 0.1) is 0 Å². The monoisotopic (exact) mass is 620 g/mol. The summed E-state index contributed by atoms with van der Waals surface area (Å²) in [7, 11) is 0. The minimum absolute atomic E-state index is 0.940. The Morgan fingerprint density at radius 3 is 1.55 bits per heavy atom. The Balaban J connectivity index is 1.21. The summed E-state index contributed by atoms with van der Waals surface area (Å²) < 4.78 is 6.29. The van der Waals surface area contributed by atoms with Gasteiger partial charge in [-0.2, -0.15) is 0 Å². The molecule has 0 bridgehead atoms. The first-order valence-electron chi connectivity index (χ1n) is 16.9. The molecular formula is C48H28O. The van der Waals surface area contributed by atoms with Gasteiger partial charge in [-0.1, -0.05) is 140 Å². The van der Waals surface area contributed by atoms with Gasteiger partial charge in [-0.15, -0.1) is 0 Å². The molecule has 0 aliphatic heterocycles. The molecule has 1 heterocycles. The highest BCUT2D eigenvalue weighted by Gasteiger charge is 2.20. The van der Waals surface area contributed by atoms with Crippen molar-refractivity contribution >= 4 is 75.8 Å². The highest BCUT2D eigenvalue weighted by atomic mass is 16.3. The molecule has 226 valence electrons. The van der Waals surface area contributed by atoms with E-state index in [0.29, 0.717) is 0 Å². The van der Waals surface area contributed by atoms with E-state index in [9.17, 15) is 0 Å². The zero-order valence-electron chi connectivity index (χ0n) is 26.6. The molecule has 0 radical (unpaired) electrons. The average molecular weight is 621 g/mol. The average Bonchev–Trinajstić information content (AvgIpc) is 3.56. The van der Waals surface area contributed by atoms with Crippen molar-refractivity contribution in [1.82, 2.24) is 0 Å². The lowest BCUT2D eigenvalue weighted by Crippen LogP contribution is -1.92. The highest BCUT2D eigenvalue weighted by molar-refractivity contribution is 6.27. The zero-order valence-corrected chi connectivity index (χ0v) is 26.6. The molecule has 0 aliphatic carbocycles. The van der Waals surface area contributed by atoms with E-state index in [1.807, 2.05) is 0 Å². The lowest BCUT2D eigenvalue weighted by molar-refractivity contribution is 0.669. The van der Waals surface area contributed by atoms with E-state index in [2.05, 4.69) is 170 Å². The molecule has 0 saturated heterocycles. The smallest absolute Gasteiger partial charge is 0.136 e. The minimum atomic E-state index is 0.940. The van der Waals surface area contributed by atoms with Crippen molar-refractivity contribution in [2.45, 2.75) is 0 Å².